The van der Waals surface area contributed by atoms with E-state index < -0.39 is 0 Å². The van der Waals surface area contributed by atoms with Crippen LogP contribution in [-0.4, -0.2) is 13.1 Å². The largest absolute Gasteiger partial charge is 0.385 e. The standard InChI is InChI=1S/C11H18N2/c1-10(7-8-12)9-13-11-5-3-2-4-6-11/h2-6,10,13H,7-9,12H2,1H3. The molecule has 0 aliphatic rings. The van der Waals surface area contributed by atoms with E-state index in [2.05, 4.69) is 24.4 Å². The maximum atomic E-state index is 5.47. The van der Waals surface area contributed by atoms with Crippen LogP contribution in [0.25, 0.3) is 0 Å². The average molecular weight is 178 g/mol. The second-order valence-electron chi connectivity index (χ2n) is 3.43. The van der Waals surface area contributed by atoms with Gasteiger partial charge in [-0.25, -0.2) is 0 Å². The maximum absolute atomic E-state index is 5.47. The van der Waals surface area contributed by atoms with E-state index in [1.54, 1.807) is 0 Å². The van der Waals surface area contributed by atoms with E-state index in [0.717, 1.165) is 19.5 Å². The van der Waals surface area contributed by atoms with E-state index in [4.69, 9.17) is 5.73 Å². The number of rotatable bonds is 5. The maximum Gasteiger partial charge on any atom is 0.0340 e. The molecule has 72 valence electrons. The molecule has 1 aromatic rings. The molecular weight excluding hydrogens is 160 g/mol. The third-order valence-electron chi connectivity index (χ3n) is 2.09. The fraction of sp³-hybridized carbons (Fsp3) is 0.455. The van der Waals surface area contributed by atoms with Crippen LogP contribution in [0.15, 0.2) is 30.3 Å². The van der Waals surface area contributed by atoms with Crippen molar-refractivity contribution in [2.45, 2.75) is 13.3 Å². The van der Waals surface area contributed by atoms with E-state index in [1.807, 2.05) is 18.2 Å². The zero-order valence-electron chi connectivity index (χ0n) is 8.16. The lowest BCUT2D eigenvalue weighted by molar-refractivity contribution is 0.568. The van der Waals surface area contributed by atoms with Gasteiger partial charge in [-0.2, -0.15) is 0 Å². The van der Waals surface area contributed by atoms with E-state index >= 15 is 0 Å². The van der Waals surface area contributed by atoms with Crippen molar-refractivity contribution in [2.24, 2.45) is 11.7 Å². The third kappa shape index (κ3) is 3.95. The van der Waals surface area contributed by atoms with Crippen LogP contribution in [-0.2, 0) is 0 Å². The Hall–Kier alpha value is -1.02. The molecule has 2 nitrogen and oxygen atoms in total. The number of hydrogen-bond acceptors (Lipinski definition) is 2. The van der Waals surface area contributed by atoms with Crippen molar-refractivity contribution in [3.63, 3.8) is 0 Å². The number of nitrogens with two attached hydrogens (primary N) is 1. The van der Waals surface area contributed by atoms with Crippen LogP contribution in [0.2, 0.25) is 0 Å². The molecule has 3 N–H and O–H groups in total. The second kappa shape index (κ2) is 5.60. The molecular formula is C11H18N2. The highest BCUT2D eigenvalue weighted by Gasteiger charge is 1.99. The lowest BCUT2D eigenvalue weighted by Crippen LogP contribution is -2.14. The number of nitrogens with one attached hydrogen (secondary N) is 1. The van der Waals surface area contributed by atoms with E-state index in [9.17, 15) is 0 Å². The van der Waals surface area contributed by atoms with Gasteiger partial charge in [-0.1, -0.05) is 25.1 Å². The topological polar surface area (TPSA) is 38.0 Å². The van der Waals surface area contributed by atoms with Gasteiger partial charge in [0.2, 0.25) is 0 Å². The molecule has 1 unspecified atom stereocenters. The lowest BCUT2D eigenvalue weighted by Gasteiger charge is -2.11. The third-order valence-corrected chi connectivity index (χ3v) is 2.09. The molecule has 0 aliphatic heterocycles. The van der Waals surface area contributed by atoms with Gasteiger partial charge in [-0.05, 0) is 31.0 Å². The Kier molecular flexibility index (Phi) is 4.33. The van der Waals surface area contributed by atoms with Gasteiger partial charge in [0, 0.05) is 12.2 Å². The fourth-order valence-corrected chi connectivity index (χ4v) is 1.23. The highest BCUT2D eigenvalue weighted by Crippen LogP contribution is 2.07. The van der Waals surface area contributed by atoms with Gasteiger partial charge in [-0.3, -0.25) is 0 Å². The predicted octanol–water partition coefficient (Wildman–Crippen LogP) is 2.08. The quantitative estimate of drug-likeness (QED) is 0.724. The first-order valence-corrected chi connectivity index (χ1v) is 4.82. The molecule has 1 aromatic carbocycles. The monoisotopic (exact) mass is 178 g/mol. The minimum atomic E-state index is 0.644. The Morgan fingerprint density at radius 3 is 2.62 bits per heavy atom. The molecule has 0 amide bonds. The Morgan fingerprint density at radius 2 is 2.00 bits per heavy atom. The van der Waals surface area contributed by atoms with Gasteiger partial charge >= 0.3 is 0 Å². The first-order valence-electron chi connectivity index (χ1n) is 4.82. The van der Waals surface area contributed by atoms with Gasteiger partial charge in [0.25, 0.3) is 0 Å². The van der Waals surface area contributed by atoms with E-state index in [0.29, 0.717) is 5.92 Å². The van der Waals surface area contributed by atoms with Crippen molar-refractivity contribution in [1.29, 1.82) is 0 Å². The number of anilines is 1. The van der Waals surface area contributed by atoms with Crippen LogP contribution in [0, 0.1) is 5.92 Å². The summed E-state index contributed by atoms with van der Waals surface area (Å²) in [5.74, 6) is 0.644. The van der Waals surface area contributed by atoms with Crippen LogP contribution >= 0.6 is 0 Å². The van der Waals surface area contributed by atoms with Crippen LogP contribution in [0.3, 0.4) is 0 Å². The van der Waals surface area contributed by atoms with Crippen molar-refractivity contribution in [3.05, 3.63) is 30.3 Å². The molecule has 0 heterocycles. The molecule has 1 atom stereocenters. The predicted molar refractivity (Wildman–Crippen MR) is 57.8 cm³/mol. The summed E-state index contributed by atoms with van der Waals surface area (Å²) in [6.45, 7) is 3.99. The van der Waals surface area contributed by atoms with Crippen LogP contribution in [0.5, 0.6) is 0 Å². The summed E-state index contributed by atoms with van der Waals surface area (Å²) in [5.41, 5.74) is 6.66. The normalized spacial score (nSPS) is 12.5. The van der Waals surface area contributed by atoms with Gasteiger partial charge in [0.15, 0.2) is 0 Å². The molecule has 1 rings (SSSR count). The first-order chi connectivity index (χ1) is 6.33. The second-order valence-corrected chi connectivity index (χ2v) is 3.43. The van der Waals surface area contributed by atoms with E-state index in [-0.39, 0.29) is 0 Å². The van der Waals surface area contributed by atoms with Crippen LogP contribution in [0.4, 0.5) is 5.69 Å². The highest BCUT2D eigenvalue weighted by molar-refractivity contribution is 5.42. The number of hydrogen-bond donors (Lipinski definition) is 2. The average Bonchev–Trinajstić information content (AvgIpc) is 2.17. The summed E-state index contributed by atoms with van der Waals surface area (Å²) in [6.07, 6.45) is 1.08. The van der Waals surface area contributed by atoms with Gasteiger partial charge in [0.1, 0.15) is 0 Å². The Labute approximate surface area is 80.1 Å². The van der Waals surface area contributed by atoms with E-state index in [1.165, 1.54) is 5.69 Å². The lowest BCUT2D eigenvalue weighted by atomic mass is 10.1. The van der Waals surface area contributed by atoms with Crippen molar-refractivity contribution < 1.29 is 0 Å². The van der Waals surface area contributed by atoms with Crippen molar-refractivity contribution in [3.8, 4) is 0 Å². The molecule has 0 spiro atoms. The summed E-state index contributed by atoms with van der Waals surface area (Å²) < 4.78 is 0. The van der Waals surface area contributed by atoms with Crippen LogP contribution < -0.4 is 11.1 Å². The Balaban J connectivity index is 2.27. The summed E-state index contributed by atoms with van der Waals surface area (Å²) in [5, 5.41) is 3.37. The van der Waals surface area contributed by atoms with Gasteiger partial charge < -0.3 is 11.1 Å². The molecule has 0 fully saturated rings. The van der Waals surface area contributed by atoms with Crippen molar-refractivity contribution in [2.75, 3.05) is 18.4 Å². The molecule has 0 bridgehead atoms. The molecule has 0 aromatic heterocycles. The minimum absolute atomic E-state index is 0.644. The van der Waals surface area contributed by atoms with Crippen molar-refractivity contribution in [1.82, 2.24) is 0 Å². The number of benzene rings is 1. The SMILES string of the molecule is CC(CCN)CNc1ccccc1. The summed E-state index contributed by atoms with van der Waals surface area (Å²) in [4.78, 5) is 0. The van der Waals surface area contributed by atoms with Crippen LogP contribution in [0.1, 0.15) is 13.3 Å². The Bertz CT molecular complexity index is 221. The smallest absolute Gasteiger partial charge is 0.0340 e. The summed E-state index contributed by atoms with van der Waals surface area (Å²) in [6, 6.07) is 10.3. The molecule has 0 aliphatic carbocycles. The Morgan fingerprint density at radius 1 is 1.31 bits per heavy atom. The fourth-order valence-electron chi connectivity index (χ4n) is 1.23. The molecule has 0 saturated heterocycles. The van der Waals surface area contributed by atoms with Gasteiger partial charge in [-0.15, -0.1) is 0 Å². The summed E-state index contributed by atoms with van der Waals surface area (Å²) in [7, 11) is 0. The van der Waals surface area contributed by atoms with Crippen molar-refractivity contribution >= 4 is 5.69 Å². The van der Waals surface area contributed by atoms with Gasteiger partial charge in [0.05, 0.1) is 0 Å². The zero-order valence-corrected chi connectivity index (χ0v) is 8.16. The summed E-state index contributed by atoms with van der Waals surface area (Å²) >= 11 is 0. The molecule has 0 radical (unpaired) electrons. The molecule has 13 heavy (non-hydrogen) atoms. The zero-order chi connectivity index (χ0) is 9.52. The first kappa shape index (κ1) is 10.1. The molecule has 2 heteroatoms. The minimum Gasteiger partial charge on any atom is -0.385 e. The highest BCUT2D eigenvalue weighted by atomic mass is 14.9. The molecule has 0 saturated carbocycles. The number of para-hydroxylation sites is 1.